The van der Waals surface area contributed by atoms with Gasteiger partial charge in [0, 0.05) is 6.20 Å². The highest BCUT2D eigenvalue weighted by atomic mass is 19.4. The third-order valence-electron chi connectivity index (χ3n) is 2.60. The normalized spacial score (nSPS) is 15.3. The van der Waals surface area contributed by atoms with Crippen LogP contribution in [-0.2, 0) is 5.54 Å². The van der Waals surface area contributed by atoms with Crippen molar-refractivity contribution in [3.63, 3.8) is 0 Å². The molecule has 5 nitrogen and oxygen atoms in total. The molecule has 0 spiro atoms. The van der Waals surface area contributed by atoms with Gasteiger partial charge >= 0.3 is 6.18 Å². The van der Waals surface area contributed by atoms with Gasteiger partial charge in [0.25, 0.3) is 5.89 Å². The maximum absolute atomic E-state index is 12.7. The minimum absolute atomic E-state index is 0.0281. The first-order chi connectivity index (χ1) is 8.72. The number of halogens is 3. The predicted molar refractivity (Wildman–Crippen MR) is 59.9 cm³/mol. The van der Waals surface area contributed by atoms with Crippen LogP contribution in [0.5, 0.6) is 0 Å². The Morgan fingerprint density at radius 3 is 2.58 bits per heavy atom. The average Bonchev–Trinajstić information content (AvgIpc) is 2.77. The maximum Gasteiger partial charge on any atom is 0.415 e. The molecule has 0 aliphatic rings. The summed E-state index contributed by atoms with van der Waals surface area (Å²) in [6, 6.07) is 3.38. The van der Waals surface area contributed by atoms with Crippen LogP contribution in [0.15, 0.2) is 22.9 Å². The number of aryl methyl sites for hydroxylation is 1. The zero-order valence-electron chi connectivity index (χ0n) is 10.2. The van der Waals surface area contributed by atoms with E-state index in [1.54, 1.807) is 12.1 Å². The third-order valence-corrected chi connectivity index (χ3v) is 2.60. The zero-order chi connectivity index (χ0) is 14.3. The van der Waals surface area contributed by atoms with E-state index in [1.165, 1.54) is 6.20 Å². The van der Waals surface area contributed by atoms with Gasteiger partial charge in [-0.15, -0.1) is 0 Å². The van der Waals surface area contributed by atoms with Crippen molar-refractivity contribution in [2.75, 3.05) is 0 Å². The number of pyridine rings is 1. The topological polar surface area (TPSA) is 77.8 Å². The average molecular weight is 272 g/mol. The molecule has 0 amide bonds. The van der Waals surface area contributed by atoms with Gasteiger partial charge in [0.2, 0.25) is 5.82 Å². The molecule has 0 saturated carbocycles. The second kappa shape index (κ2) is 4.30. The first kappa shape index (κ1) is 13.5. The van der Waals surface area contributed by atoms with Crippen LogP contribution >= 0.6 is 0 Å². The minimum atomic E-state index is -4.68. The highest BCUT2D eigenvalue weighted by Crippen LogP contribution is 2.35. The molecule has 2 rings (SSSR count). The molecule has 0 bridgehead atoms. The number of hydrogen-bond acceptors (Lipinski definition) is 5. The summed E-state index contributed by atoms with van der Waals surface area (Å²) < 4.78 is 42.8. The Morgan fingerprint density at radius 2 is 2.00 bits per heavy atom. The van der Waals surface area contributed by atoms with Crippen molar-refractivity contribution in [1.29, 1.82) is 0 Å². The lowest BCUT2D eigenvalue weighted by Crippen LogP contribution is -2.47. The van der Waals surface area contributed by atoms with Crippen molar-refractivity contribution >= 4 is 0 Å². The van der Waals surface area contributed by atoms with E-state index in [1.807, 2.05) is 6.92 Å². The highest BCUT2D eigenvalue weighted by molar-refractivity contribution is 5.49. The van der Waals surface area contributed by atoms with Gasteiger partial charge in [0.15, 0.2) is 5.54 Å². The fourth-order valence-electron chi connectivity index (χ4n) is 1.32. The van der Waals surface area contributed by atoms with E-state index < -0.39 is 17.6 Å². The van der Waals surface area contributed by atoms with E-state index in [9.17, 15) is 13.2 Å². The largest absolute Gasteiger partial charge is 0.415 e. The lowest BCUT2D eigenvalue weighted by molar-refractivity contribution is -0.190. The fourth-order valence-corrected chi connectivity index (χ4v) is 1.32. The molecular weight excluding hydrogens is 261 g/mol. The summed E-state index contributed by atoms with van der Waals surface area (Å²) in [6.45, 7) is 2.59. The summed E-state index contributed by atoms with van der Waals surface area (Å²) in [5.74, 6) is -0.724. The Hall–Kier alpha value is -1.96. The van der Waals surface area contributed by atoms with E-state index >= 15 is 0 Å². The van der Waals surface area contributed by atoms with E-state index in [2.05, 4.69) is 19.6 Å². The second-order valence-electron chi connectivity index (χ2n) is 4.34. The smallest absolute Gasteiger partial charge is 0.336 e. The summed E-state index contributed by atoms with van der Waals surface area (Å²) in [7, 11) is 0. The Balaban J connectivity index is 2.40. The molecule has 0 aliphatic heterocycles. The van der Waals surface area contributed by atoms with Crippen molar-refractivity contribution in [3.8, 4) is 11.5 Å². The molecule has 0 aliphatic carbocycles. The first-order valence-corrected chi connectivity index (χ1v) is 5.34. The second-order valence-corrected chi connectivity index (χ2v) is 4.34. The SMILES string of the molecule is Cc1ccnc(-c2noc(C(C)(N)C(F)(F)F)n2)c1. The summed E-state index contributed by atoms with van der Waals surface area (Å²) in [5.41, 5.74) is 3.71. The van der Waals surface area contributed by atoms with Crippen molar-refractivity contribution in [2.45, 2.75) is 25.6 Å². The van der Waals surface area contributed by atoms with Crippen molar-refractivity contribution in [1.82, 2.24) is 15.1 Å². The molecule has 19 heavy (non-hydrogen) atoms. The van der Waals surface area contributed by atoms with Crippen LogP contribution in [-0.4, -0.2) is 21.3 Å². The molecule has 0 aromatic carbocycles. The third kappa shape index (κ3) is 2.43. The van der Waals surface area contributed by atoms with Crippen LogP contribution in [0, 0.1) is 6.92 Å². The molecule has 0 fully saturated rings. The summed E-state index contributed by atoms with van der Waals surface area (Å²) >= 11 is 0. The molecule has 8 heteroatoms. The number of nitrogens with two attached hydrogens (primary N) is 1. The van der Waals surface area contributed by atoms with Gasteiger partial charge in [-0.2, -0.15) is 18.2 Å². The van der Waals surface area contributed by atoms with Gasteiger partial charge in [0.1, 0.15) is 5.69 Å². The van der Waals surface area contributed by atoms with Gasteiger partial charge in [-0.05, 0) is 31.5 Å². The first-order valence-electron chi connectivity index (χ1n) is 5.34. The van der Waals surface area contributed by atoms with Gasteiger partial charge in [0.05, 0.1) is 0 Å². The zero-order valence-corrected chi connectivity index (χ0v) is 10.2. The van der Waals surface area contributed by atoms with E-state index in [-0.39, 0.29) is 5.82 Å². The Morgan fingerprint density at radius 1 is 1.32 bits per heavy atom. The number of aromatic nitrogens is 3. The van der Waals surface area contributed by atoms with Crippen LogP contribution in [0.2, 0.25) is 0 Å². The molecule has 1 unspecified atom stereocenters. The molecule has 102 valence electrons. The number of alkyl halides is 3. The standard InChI is InChI=1S/C11H11F3N4O/c1-6-3-4-16-7(5-6)8-17-9(19-18-8)10(2,15)11(12,13)14/h3-5H,15H2,1-2H3. The van der Waals surface area contributed by atoms with Crippen molar-refractivity contribution in [2.24, 2.45) is 5.73 Å². The number of hydrogen-bond donors (Lipinski definition) is 1. The lowest BCUT2D eigenvalue weighted by Gasteiger charge is -2.22. The van der Waals surface area contributed by atoms with Gasteiger partial charge in [-0.3, -0.25) is 4.98 Å². The molecule has 2 aromatic heterocycles. The van der Waals surface area contributed by atoms with Crippen LogP contribution in [0.3, 0.4) is 0 Å². The molecule has 0 saturated heterocycles. The fraction of sp³-hybridized carbons (Fsp3) is 0.364. The monoisotopic (exact) mass is 272 g/mol. The Labute approximate surface area is 106 Å². The van der Waals surface area contributed by atoms with Gasteiger partial charge < -0.3 is 10.3 Å². The summed E-state index contributed by atoms with van der Waals surface area (Å²) in [6.07, 6.45) is -3.18. The van der Waals surface area contributed by atoms with Gasteiger partial charge in [-0.1, -0.05) is 5.16 Å². The quantitative estimate of drug-likeness (QED) is 0.906. The summed E-state index contributed by atoms with van der Waals surface area (Å²) in [4.78, 5) is 7.63. The lowest BCUT2D eigenvalue weighted by atomic mass is 10.0. The predicted octanol–water partition coefficient (Wildman–Crippen LogP) is 2.18. The van der Waals surface area contributed by atoms with E-state index in [0.29, 0.717) is 5.69 Å². The van der Waals surface area contributed by atoms with Crippen LogP contribution in [0.25, 0.3) is 11.5 Å². The minimum Gasteiger partial charge on any atom is -0.336 e. The molecule has 2 heterocycles. The summed E-state index contributed by atoms with van der Waals surface area (Å²) in [5, 5.41) is 3.48. The van der Waals surface area contributed by atoms with Crippen LogP contribution < -0.4 is 5.73 Å². The maximum atomic E-state index is 12.7. The van der Waals surface area contributed by atoms with Crippen LogP contribution in [0.1, 0.15) is 18.4 Å². The molecule has 2 N–H and O–H groups in total. The van der Waals surface area contributed by atoms with Crippen LogP contribution in [0.4, 0.5) is 13.2 Å². The van der Waals surface area contributed by atoms with Crippen molar-refractivity contribution < 1.29 is 17.7 Å². The van der Waals surface area contributed by atoms with E-state index in [4.69, 9.17) is 5.73 Å². The molecular formula is C11H11F3N4O. The Kier molecular flexibility index (Phi) is 3.05. The Bertz CT molecular complexity index is 592. The highest BCUT2D eigenvalue weighted by Gasteiger charge is 2.53. The van der Waals surface area contributed by atoms with E-state index in [0.717, 1.165) is 12.5 Å². The van der Waals surface area contributed by atoms with Gasteiger partial charge in [-0.25, -0.2) is 0 Å². The molecule has 1 atom stereocenters. The number of rotatable bonds is 2. The molecule has 0 radical (unpaired) electrons. The molecule has 2 aromatic rings. The van der Waals surface area contributed by atoms with Crippen molar-refractivity contribution in [3.05, 3.63) is 29.8 Å². The number of nitrogens with zero attached hydrogens (tertiary/aromatic N) is 3.